The van der Waals surface area contributed by atoms with Crippen molar-refractivity contribution in [3.8, 4) is 0 Å². The van der Waals surface area contributed by atoms with E-state index in [0.717, 1.165) is 4.31 Å². The standard InChI is InChI=1S/C9H16N4O4S/c1-12-6-4-10-8(12)7-11-18(16,17)13(2)5-3-9(14)15/h4,6,11H,3,5,7H2,1-2H3,(H,14,15). The van der Waals surface area contributed by atoms with E-state index in [4.69, 9.17) is 5.11 Å². The average molecular weight is 276 g/mol. The molecule has 1 aromatic rings. The number of hydrogen-bond acceptors (Lipinski definition) is 4. The largest absolute Gasteiger partial charge is 0.481 e. The van der Waals surface area contributed by atoms with Crippen molar-refractivity contribution in [2.45, 2.75) is 13.0 Å². The molecule has 0 bridgehead atoms. The smallest absolute Gasteiger partial charge is 0.304 e. The predicted molar refractivity (Wildman–Crippen MR) is 63.9 cm³/mol. The molecule has 0 aliphatic rings. The zero-order chi connectivity index (χ0) is 13.8. The summed E-state index contributed by atoms with van der Waals surface area (Å²) in [5.41, 5.74) is 0. The van der Waals surface area contributed by atoms with Gasteiger partial charge in [0.25, 0.3) is 10.2 Å². The molecule has 0 aliphatic heterocycles. The van der Waals surface area contributed by atoms with Gasteiger partial charge in [0.15, 0.2) is 0 Å². The van der Waals surface area contributed by atoms with Crippen LogP contribution in [0.1, 0.15) is 12.2 Å². The summed E-state index contributed by atoms with van der Waals surface area (Å²) in [6, 6.07) is 0. The van der Waals surface area contributed by atoms with Gasteiger partial charge in [0.2, 0.25) is 0 Å². The molecule has 1 heterocycles. The Kier molecular flexibility index (Phi) is 4.82. The number of carbonyl (C=O) groups is 1. The van der Waals surface area contributed by atoms with Crippen molar-refractivity contribution < 1.29 is 18.3 Å². The SMILES string of the molecule is CN(CCC(=O)O)S(=O)(=O)NCc1nccn1C. The highest BCUT2D eigenvalue weighted by molar-refractivity contribution is 7.87. The zero-order valence-electron chi connectivity index (χ0n) is 10.2. The van der Waals surface area contributed by atoms with Gasteiger partial charge in [-0.25, -0.2) is 4.98 Å². The van der Waals surface area contributed by atoms with E-state index in [9.17, 15) is 13.2 Å². The van der Waals surface area contributed by atoms with Gasteiger partial charge in [-0.05, 0) is 0 Å². The fraction of sp³-hybridized carbons (Fsp3) is 0.556. The molecular weight excluding hydrogens is 260 g/mol. The highest BCUT2D eigenvalue weighted by atomic mass is 32.2. The summed E-state index contributed by atoms with van der Waals surface area (Å²) >= 11 is 0. The zero-order valence-corrected chi connectivity index (χ0v) is 11.0. The fourth-order valence-corrected chi connectivity index (χ4v) is 2.07. The Bertz CT molecular complexity index is 510. The summed E-state index contributed by atoms with van der Waals surface area (Å²) in [7, 11) is -0.604. The lowest BCUT2D eigenvalue weighted by Gasteiger charge is -2.16. The van der Waals surface area contributed by atoms with Gasteiger partial charge in [0, 0.05) is 33.0 Å². The van der Waals surface area contributed by atoms with Crippen LogP contribution in [0.5, 0.6) is 0 Å². The van der Waals surface area contributed by atoms with Crippen LogP contribution in [0.25, 0.3) is 0 Å². The maximum absolute atomic E-state index is 11.7. The number of carboxylic acids is 1. The Morgan fingerprint density at radius 3 is 2.78 bits per heavy atom. The maximum Gasteiger partial charge on any atom is 0.304 e. The topological polar surface area (TPSA) is 105 Å². The summed E-state index contributed by atoms with van der Waals surface area (Å²) in [6.45, 7) is -0.0194. The quantitative estimate of drug-likeness (QED) is 0.675. The molecule has 0 atom stereocenters. The molecular formula is C9H16N4O4S. The molecule has 0 saturated carbocycles. The van der Waals surface area contributed by atoms with E-state index in [-0.39, 0.29) is 19.5 Å². The van der Waals surface area contributed by atoms with Crippen LogP contribution in [0.15, 0.2) is 12.4 Å². The predicted octanol–water partition coefficient (Wildman–Crippen LogP) is -0.839. The Labute approximate surface area is 105 Å². The molecule has 9 heteroatoms. The Balaban J connectivity index is 2.54. The first-order valence-corrected chi connectivity index (χ1v) is 6.66. The number of nitrogens with one attached hydrogen (secondary N) is 1. The van der Waals surface area contributed by atoms with E-state index in [0.29, 0.717) is 5.82 Å². The van der Waals surface area contributed by atoms with E-state index in [1.807, 2.05) is 0 Å². The van der Waals surface area contributed by atoms with Gasteiger partial charge in [0.1, 0.15) is 5.82 Å². The molecule has 18 heavy (non-hydrogen) atoms. The minimum absolute atomic E-state index is 0.0588. The number of carboxylic acid groups (broad SMARTS) is 1. The Morgan fingerprint density at radius 2 is 2.28 bits per heavy atom. The highest BCUT2D eigenvalue weighted by Gasteiger charge is 2.18. The monoisotopic (exact) mass is 276 g/mol. The first kappa shape index (κ1) is 14.6. The second-order valence-electron chi connectivity index (χ2n) is 3.75. The molecule has 1 rings (SSSR count). The van der Waals surface area contributed by atoms with Gasteiger partial charge in [0.05, 0.1) is 13.0 Å². The third-order valence-corrected chi connectivity index (χ3v) is 3.90. The third kappa shape index (κ3) is 4.09. The van der Waals surface area contributed by atoms with Crippen LogP contribution in [0.4, 0.5) is 0 Å². The van der Waals surface area contributed by atoms with Crippen LogP contribution in [-0.4, -0.2) is 46.9 Å². The lowest BCUT2D eigenvalue weighted by atomic mass is 10.4. The van der Waals surface area contributed by atoms with Crippen molar-refractivity contribution in [2.24, 2.45) is 7.05 Å². The minimum Gasteiger partial charge on any atom is -0.481 e. The highest BCUT2D eigenvalue weighted by Crippen LogP contribution is 1.99. The van der Waals surface area contributed by atoms with Crippen LogP contribution in [-0.2, 0) is 28.6 Å². The first-order chi connectivity index (χ1) is 8.33. The van der Waals surface area contributed by atoms with Crippen LogP contribution < -0.4 is 4.72 Å². The number of imidazole rings is 1. The lowest BCUT2D eigenvalue weighted by Crippen LogP contribution is -2.39. The van der Waals surface area contributed by atoms with Crippen LogP contribution in [0, 0.1) is 0 Å². The molecule has 0 saturated heterocycles. The normalized spacial score (nSPS) is 11.9. The van der Waals surface area contributed by atoms with Crippen molar-refractivity contribution in [3.05, 3.63) is 18.2 Å². The van der Waals surface area contributed by atoms with Gasteiger partial charge in [-0.1, -0.05) is 0 Å². The molecule has 102 valence electrons. The van der Waals surface area contributed by atoms with E-state index >= 15 is 0 Å². The van der Waals surface area contributed by atoms with E-state index < -0.39 is 16.2 Å². The number of nitrogens with zero attached hydrogens (tertiary/aromatic N) is 3. The van der Waals surface area contributed by atoms with Crippen LogP contribution in [0.2, 0.25) is 0 Å². The molecule has 8 nitrogen and oxygen atoms in total. The average Bonchev–Trinajstić information content (AvgIpc) is 2.69. The van der Waals surface area contributed by atoms with Crippen LogP contribution in [0.3, 0.4) is 0 Å². The van der Waals surface area contributed by atoms with Gasteiger partial charge < -0.3 is 9.67 Å². The van der Waals surface area contributed by atoms with E-state index in [1.165, 1.54) is 7.05 Å². The van der Waals surface area contributed by atoms with Gasteiger partial charge in [-0.2, -0.15) is 17.4 Å². The molecule has 0 aromatic carbocycles. The van der Waals surface area contributed by atoms with Crippen molar-refractivity contribution in [3.63, 3.8) is 0 Å². The number of hydrogen-bond donors (Lipinski definition) is 2. The molecule has 0 unspecified atom stereocenters. The lowest BCUT2D eigenvalue weighted by molar-refractivity contribution is -0.137. The first-order valence-electron chi connectivity index (χ1n) is 5.22. The minimum atomic E-state index is -3.68. The summed E-state index contributed by atoms with van der Waals surface area (Å²) in [4.78, 5) is 14.3. The number of aromatic nitrogens is 2. The van der Waals surface area contributed by atoms with E-state index in [2.05, 4.69) is 9.71 Å². The summed E-state index contributed by atoms with van der Waals surface area (Å²) in [6.07, 6.45) is 3.04. The molecule has 2 N–H and O–H groups in total. The number of rotatable bonds is 7. The summed E-state index contributed by atoms with van der Waals surface area (Å²) in [5.74, 6) is -0.466. The Hall–Kier alpha value is -1.45. The second kappa shape index (κ2) is 5.94. The van der Waals surface area contributed by atoms with Gasteiger partial charge >= 0.3 is 5.97 Å². The summed E-state index contributed by atoms with van der Waals surface area (Å²) in [5, 5.41) is 8.49. The molecule has 0 fully saturated rings. The molecule has 0 spiro atoms. The van der Waals surface area contributed by atoms with Crippen molar-refractivity contribution in [1.82, 2.24) is 18.6 Å². The van der Waals surface area contributed by atoms with Crippen molar-refractivity contribution in [1.29, 1.82) is 0 Å². The van der Waals surface area contributed by atoms with Crippen molar-refractivity contribution >= 4 is 16.2 Å². The number of aliphatic carboxylic acids is 1. The Morgan fingerprint density at radius 1 is 1.61 bits per heavy atom. The van der Waals surface area contributed by atoms with Gasteiger partial charge in [-0.3, -0.25) is 4.79 Å². The third-order valence-electron chi connectivity index (χ3n) is 2.38. The maximum atomic E-state index is 11.7. The van der Waals surface area contributed by atoms with Crippen molar-refractivity contribution in [2.75, 3.05) is 13.6 Å². The molecule has 0 amide bonds. The number of aryl methyl sites for hydroxylation is 1. The summed E-state index contributed by atoms with van der Waals surface area (Å²) < 4.78 is 28.5. The molecule has 1 aromatic heterocycles. The molecule has 0 aliphatic carbocycles. The van der Waals surface area contributed by atoms with Gasteiger partial charge in [-0.15, -0.1) is 0 Å². The van der Waals surface area contributed by atoms with Crippen LogP contribution >= 0.6 is 0 Å². The molecule has 0 radical (unpaired) electrons. The van der Waals surface area contributed by atoms with E-state index in [1.54, 1.807) is 24.0 Å². The fourth-order valence-electron chi connectivity index (χ4n) is 1.21. The second-order valence-corrected chi connectivity index (χ2v) is 5.61.